The molecule has 2 N–H and O–H groups in total. The van der Waals surface area contributed by atoms with Crippen molar-refractivity contribution in [3.63, 3.8) is 0 Å². The molecule has 2 heterocycles. The van der Waals surface area contributed by atoms with Gasteiger partial charge in [0.1, 0.15) is 11.5 Å². The van der Waals surface area contributed by atoms with E-state index in [2.05, 4.69) is 192 Å². The summed E-state index contributed by atoms with van der Waals surface area (Å²) in [7, 11) is 9.21. The molecule has 0 spiro atoms. The van der Waals surface area contributed by atoms with E-state index in [1.807, 2.05) is 24.3 Å². The van der Waals surface area contributed by atoms with Crippen LogP contribution in [0.15, 0.2) is 170 Å². The maximum absolute atomic E-state index is 12.3. The molecule has 2 atom stereocenters. The zero-order valence-corrected chi connectivity index (χ0v) is 37.6. The van der Waals surface area contributed by atoms with Gasteiger partial charge >= 0.3 is 0 Å². The first-order chi connectivity index (χ1) is 32.2. The van der Waals surface area contributed by atoms with Crippen LogP contribution in [0.25, 0.3) is 77.2 Å². The number of aromatic nitrogens is 2. The van der Waals surface area contributed by atoms with Crippen LogP contribution in [-0.2, 0) is 8.73 Å². The van der Waals surface area contributed by atoms with Crippen LogP contribution in [0.2, 0.25) is 0 Å². The average molecular weight is 867 g/mol. The number of phenols is 2. The largest absolute Gasteiger partial charge is 0.711 e. The highest BCUT2D eigenvalue weighted by Gasteiger charge is 2.33. The number of benzene rings is 8. The summed E-state index contributed by atoms with van der Waals surface area (Å²) < 4.78 is 10.8. The van der Waals surface area contributed by atoms with Gasteiger partial charge in [-0.25, -0.2) is 0 Å². The number of hydrogen-bond acceptors (Lipinski definition) is 2. The molecule has 0 aliphatic heterocycles. The SMILES string of the molecule is [CH2-][O+](CC1CCCCC1C[O+]([CH2-])c1ccccc1-c1cc(C)cc(-n2c3ccccc3c3ccccc32)c1O)c1ccccc1-c1cc(C)cc(-n2c3ccccc3c3ccccc32)c1O. The van der Waals surface area contributed by atoms with Gasteiger partial charge in [-0.05, 0) is 113 Å². The Balaban J connectivity index is 0.896. The minimum Gasteiger partial charge on any atom is -0.711 e. The summed E-state index contributed by atoms with van der Waals surface area (Å²) in [5, 5.41) is 29.2. The second kappa shape index (κ2) is 16.8. The summed E-state index contributed by atoms with van der Waals surface area (Å²) >= 11 is 0. The van der Waals surface area contributed by atoms with Gasteiger partial charge in [0.2, 0.25) is 11.5 Å². The van der Waals surface area contributed by atoms with Gasteiger partial charge in [-0.2, -0.15) is 0 Å². The molecule has 0 amide bonds. The highest BCUT2D eigenvalue weighted by atomic mass is 16.7. The molecule has 1 aliphatic rings. The van der Waals surface area contributed by atoms with Crippen molar-refractivity contribution in [2.45, 2.75) is 39.5 Å². The van der Waals surface area contributed by atoms with Crippen LogP contribution in [0.5, 0.6) is 23.0 Å². The zero-order valence-electron chi connectivity index (χ0n) is 37.6. The summed E-state index contributed by atoms with van der Waals surface area (Å²) in [4.78, 5) is 0. The lowest BCUT2D eigenvalue weighted by Gasteiger charge is -2.40. The highest BCUT2D eigenvalue weighted by Crippen LogP contribution is 2.49. The van der Waals surface area contributed by atoms with Crippen LogP contribution >= 0.6 is 0 Å². The van der Waals surface area contributed by atoms with Crippen LogP contribution < -0.4 is 0 Å². The molecule has 6 heteroatoms. The van der Waals surface area contributed by atoms with E-state index >= 15 is 0 Å². The van der Waals surface area contributed by atoms with Gasteiger partial charge in [-0.1, -0.05) is 110 Å². The predicted molar refractivity (Wildman–Crippen MR) is 272 cm³/mol. The Kier molecular flexibility index (Phi) is 10.5. The van der Waals surface area contributed by atoms with Crippen molar-refractivity contribution >= 4 is 43.6 Å². The number of rotatable bonds is 10. The van der Waals surface area contributed by atoms with Gasteiger partial charge in [0, 0.05) is 56.6 Å². The Morgan fingerprint density at radius 1 is 0.439 bits per heavy atom. The maximum atomic E-state index is 12.3. The minimum atomic E-state index is 0.230. The molecule has 0 saturated heterocycles. The molecule has 1 saturated carbocycles. The first kappa shape index (κ1) is 41.3. The normalized spacial score (nSPS) is 15.3. The van der Waals surface area contributed by atoms with Crippen LogP contribution in [-0.4, -0.2) is 32.6 Å². The van der Waals surface area contributed by atoms with Crippen LogP contribution in [0, 0.1) is 39.9 Å². The van der Waals surface area contributed by atoms with E-state index in [9.17, 15) is 10.2 Å². The number of fused-ring (bicyclic) bond motifs is 6. The molecule has 1 fully saturated rings. The van der Waals surface area contributed by atoms with Gasteiger partial charge in [0.25, 0.3) is 0 Å². The summed E-state index contributed by atoms with van der Waals surface area (Å²) in [5.41, 5.74) is 11.2. The molecule has 10 aromatic rings. The van der Waals surface area contributed by atoms with Crippen molar-refractivity contribution in [2.75, 3.05) is 13.2 Å². The molecule has 1 aliphatic carbocycles. The third kappa shape index (κ3) is 7.03. The van der Waals surface area contributed by atoms with E-state index in [1.165, 1.54) is 0 Å². The minimum absolute atomic E-state index is 0.230. The van der Waals surface area contributed by atoms with Crippen molar-refractivity contribution < 1.29 is 18.9 Å². The molecule has 328 valence electrons. The van der Waals surface area contributed by atoms with Gasteiger partial charge in [-0.15, -0.1) is 0 Å². The lowest BCUT2D eigenvalue weighted by atomic mass is 9.80. The van der Waals surface area contributed by atoms with Crippen molar-refractivity contribution in [3.8, 4) is 56.6 Å². The Hall–Kier alpha value is -7.44. The second-order valence-electron chi connectivity index (χ2n) is 18.2. The molecule has 11 rings (SSSR count). The van der Waals surface area contributed by atoms with Gasteiger partial charge in [0.05, 0.1) is 44.6 Å². The molecule has 0 bridgehead atoms. The van der Waals surface area contributed by atoms with Crippen molar-refractivity contribution in [2.24, 2.45) is 11.8 Å². The Labute approximate surface area is 386 Å². The fourth-order valence-electron chi connectivity index (χ4n) is 10.9. The van der Waals surface area contributed by atoms with Crippen molar-refractivity contribution in [1.82, 2.24) is 9.13 Å². The number of aromatic hydroxyl groups is 2. The van der Waals surface area contributed by atoms with Crippen LogP contribution in [0.3, 0.4) is 0 Å². The van der Waals surface area contributed by atoms with E-state index in [0.717, 1.165) is 126 Å². The van der Waals surface area contributed by atoms with E-state index < -0.39 is 0 Å². The van der Waals surface area contributed by atoms with E-state index in [0.29, 0.717) is 25.0 Å². The van der Waals surface area contributed by atoms with Gasteiger partial charge in [-0.3, -0.25) is 0 Å². The fraction of sp³-hybridized carbons (Fsp3) is 0.167. The van der Waals surface area contributed by atoms with Gasteiger partial charge in [0.15, 0.2) is 13.2 Å². The molecule has 6 nitrogen and oxygen atoms in total. The number of phenolic OH excluding ortho intramolecular Hbond substituents is 2. The summed E-state index contributed by atoms with van der Waals surface area (Å²) in [6.07, 6.45) is 4.44. The fourth-order valence-corrected chi connectivity index (χ4v) is 10.9. The summed E-state index contributed by atoms with van der Waals surface area (Å²) in [5.74, 6) is 2.88. The van der Waals surface area contributed by atoms with Crippen LogP contribution in [0.1, 0.15) is 36.8 Å². The quantitative estimate of drug-likeness (QED) is 0.106. The van der Waals surface area contributed by atoms with Crippen molar-refractivity contribution in [3.05, 3.63) is 195 Å². The first-order valence-electron chi connectivity index (χ1n) is 23.1. The Morgan fingerprint density at radius 3 is 1.12 bits per heavy atom. The van der Waals surface area contributed by atoms with Gasteiger partial charge < -0.3 is 28.1 Å². The smallest absolute Gasteiger partial charge is 0.234 e. The summed E-state index contributed by atoms with van der Waals surface area (Å²) in [6.45, 7) is 5.53. The maximum Gasteiger partial charge on any atom is 0.234 e. The number of aryl methyl sites for hydroxylation is 2. The monoisotopic (exact) mass is 866 g/mol. The highest BCUT2D eigenvalue weighted by molar-refractivity contribution is 6.10. The molecule has 66 heavy (non-hydrogen) atoms. The van der Waals surface area contributed by atoms with E-state index in [4.69, 9.17) is 0 Å². The first-order valence-corrected chi connectivity index (χ1v) is 23.1. The topological polar surface area (TPSA) is 55.7 Å². The number of hydrogen-bond donors (Lipinski definition) is 2. The average Bonchev–Trinajstić information content (AvgIpc) is 3.86. The third-order valence-electron chi connectivity index (χ3n) is 14.0. The van der Waals surface area contributed by atoms with Crippen LogP contribution in [0.4, 0.5) is 0 Å². The standard InChI is InChI=1S/C60H54N2O4/c1-39-33-49(59(63)55(35-39)61-51-27-13-7-21-43(51)44-22-8-14-28-52(44)61)47-25-11-17-31-57(47)65(3)37-41-19-5-6-20-42(41)38-66(4)58-32-18-12-26-48(58)50-34-40(2)36-56(60(50)64)62-53-29-15-9-23-45(53)46-24-10-16-30-54(46)62/h7-18,21-36,41-42,63-64H,3-6,19-20,37-38H2,1-2H3. The summed E-state index contributed by atoms with van der Waals surface area (Å²) in [6, 6.07) is 58.4. The predicted octanol–water partition coefficient (Wildman–Crippen LogP) is 15.9. The van der Waals surface area contributed by atoms with E-state index in [1.54, 1.807) is 0 Å². The second-order valence-corrected chi connectivity index (χ2v) is 18.2. The third-order valence-corrected chi connectivity index (χ3v) is 14.0. The Morgan fingerprint density at radius 2 is 0.758 bits per heavy atom. The molecular formula is C60H54N2O4. The number of nitrogens with zero attached hydrogens (tertiary/aromatic N) is 2. The molecule has 0 radical (unpaired) electrons. The zero-order chi connectivity index (χ0) is 45.1. The Bertz CT molecular complexity index is 3120. The molecular weight excluding hydrogens is 813 g/mol. The lowest BCUT2D eigenvalue weighted by Crippen LogP contribution is -2.30. The van der Waals surface area contributed by atoms with E-state index in [-0.39, 0.29) is 11.5 Å². The molecule has 2 unspecified atom stereocenters. The number of para-hydroxylation sites is 6. The lowest BCUT2D eigenvalue weighted by molar-refractivity contribution is -0.0604. The molecule has 2 aromatic heterocycles. The molecule has 8 aromatic carbocycles. The van der Waals surface area contributed by atoms with Crippen molar-refractivity contribution in [1.29, 1.82) is 0 Å².